The van der Waals surface area contributed by atoms with Crippen molar-refractivity contribution in [2.24, 2.45) is 0 Å². The van der Waals surface area contributed by atoms with Crippen LogP contribution in [0.4, 0.5) is 5.69 Å². The summed E-state index contributed by atoms with van der Waals surface area (Å²) >= 11 is 7.75. The summed E-state index contributed by atoms with van der Waals surface area (Å²) < 4.78 is 5.68. The number of carbonyl (C=O) groups excluding carboxylic acids is 1. The first-order chi connectivity index (χ1) is 13.5. The van der Waals surface area contributed by atoms with Gasteiger partial charge < -0.3 is 10.1 Å². The van der Waals surface area contributed by atoms with Crippen LogP contribution in [0.25, 0.3) is 0 Å². The fraction of sp³-hybridized carbons (Fsp3) is 0.174. The largest absolute Gasteiger partial charge is 0.481 e. The molecule has 0 radical (unpaired) electrons. The highest BCUT2D eigenvalue weighted by Crippen LogP contribution is 2.25. The Labute approximate surface area is 175 Å². The monoisotopic (exact) mass is 411 g/mol. The summed E-state index contributed by atoms with van der Waals surface area (Å²) in [5.74, 6) is 1.25. The number of hydrogen-bond acceptors (Lipinski definition) is 3. The van der Waals surface area contributed by atoms with E-state index in [9.17, 15) is 4.79 Å². The van der Waals surface area contributed by atoms with Crippen LogP contribution >= 0.6 is 23.4 Å². The first-order valence-corrected chi connectivity index (χ1v) is 10.4. The van der Waals surface area contributed by atoms with Crippen LogP contribution in [0.1, 0.15) is 18.1 Å². The maximum Gasteiger partial charge on any atom is 0.265 e. The molecule has 1 atom stereocenters. The molecule has 0 unspecified atom stereocenters. The second kappa shape index (κ2) is 9.67. The molecule has 0 aromatic heterocycles. The number of rotatable bonds is 7. The Morgan fingerprint density at radius 2 is 1.86 bits per heavy atom. The van der Waals surface area contributed by atoms with Crippen molar-refractivity contribution in [3.05, 3.63) is 88.9 Å². The molecule has 1 N–H and O–H groups in total. The van der Waals surface area contributed by atoms with Crippen LogP contribution in [-0.4, -0.2) is 12.0 Å². The quantitative estimate of drug-likeness (QED) is 0.460. The zero-order chi connectivity index (χ0) is 19.9. The maximum atomic E-state index is 12.5. The lowest BCUT2D eigenvalue weighted by atomic mass is 10.1. The molecule has 28 heavy (non-hydrogen) atoms. The number of nitrogens with one attached hydrogen (secondary N) is 1. The van der Waals surface area contributed by atoms with E-state index < -0.39 is 6.10 Å². The number of hydrogen-bond donors (Lipinski definition) is 1. The van der Waals surface area contributed by atoms with Gasteiger partial charge in [0, 0.05) is 21.4 Å². The Morgan fingerprint density at radius 1 is 1.07 bits per heavy atom. The highest BCUT2D eigenvalue weighted by atomic mass is 35.5. The van der Waals surface area contributed by atoms with Gasteiger partial charge in [0.05, 0.1) is 0 Å². The SMILES string of the molecule is Cc1cc(CSc2ccccc2)ccc1NC(=O)[C@@H](C)Oc1cccc(Cl)c1. The lowest BCUT2D eigenvalue weighted by Gasteiger charge is -2.16. The van der Waals surface area contributed by atoms with E-state index in [2.05, 4.69) is 23.5 Å². The second-order valence-corrected chi connectivity index (χ2v) is 7.94. The Kier molecular flexibility index (Phi) is 7.01. The van der Waals surface area contributed by atoms with Gasteiger partial charge in [0.15, 0.2) is 6.10 Å². The lowest BCUT2D eigenvalue weighted by molar-refractivity contribution is -0.122. The van der Waals surface area contributed by atoms with Gasteiger partial charge in [-0.15, -0.1) is 11.8 Å². The minimum absolute atomic E-state index is 0.200. The Morgan fingerprint density at radius 3 is 2.57 bits per heavy atom. The van der Waals surface area contributed by atoms with Crippen molar-refractivity contribution in [3.8, 4) is 5.75 Å². The summed E-state index contributed by atoms with van der Waals surface area (Å²) in [5, 5.41) is 3.52. The molecule has 3 aromatic rings. The van der Waals surface area contributed by atoms with Gasteiger partial charge in [0.25, 0.3) is 5.91 Å². The van der Waals surface area contributed by atoms with E-state index in [4.69, 9.17) is 16.3 Å². The van der Waals surface area contributed by atoms with Crippen LogP contribution in [0.3, 0.4) is 0 Å². The number of halogens is 1. The fourth-order valence-electron chi connectivity index (χ4n) is 2.67. The molecular weight excluding hydrogens is 390 g/mol. The summed E-state index contributed by atoms with van der Waals surface area (Å²) in [6, 6.07) is 23.4. The third-order valence-electron chi connectivity index (χ3n) is 4.18. The summed E-state index contributed by atoms with van der Waals surface area (Å²) in [5.41, 5.74) is 3.03. The van der Waals surface area contributed by atoms with Crippen LogP contribution in [0.2, 0.25) is 5.02 Å². The van der Waals surface area contributed by atoms with E-state index in [1.165, 1.54) is 10.5 Å². The molecule has 144 valence electrons. The molecule has 0 aliphatic carbocycles. The van der Waals surface area contributed by atoms with Gasteiger partial charge in [-0.3, -0.25) is 4.79 Å². The van der Waals surface area contributed by atoms with Crippen LogP contribution in [0.15, 0.2) is 77.7 Å². The van der Waals surface area contributed by atoms with Gasteiger partial charge in [-0.2, -0.15) is 0 Å². The van der Waals surface area contributed by atoms with Gasteiger partial charge in [0.1, 0.15) is 5.75 Å². The number of aryl methyl sites for hydroxylation is 1. The van der Waals surface area contributed by atoms with Crippen LogP contribution in [0.5, 0.6) is 5.75 Å². The van der Waals surface area contributed by atoms with Crippen LogP contribution in [-0.2, 0) is 10.5 Å². The van der Waals surface area contributed by atoms with Crippen molar-refractivity contribution in [2.45, 2.75) is 30.6 Å². The molecule has 3 aromatic carbocycles. The minimum atomic E-state index is -0.633. The van der Waals surface area contributed by atoms with E-state index in [1.807, 2.05) is 37.3 Å². The third-order valence-corrected chi connectivity index (χ3v) is 5.49. The van der Waals surface area contributed by atoms with Crippen LogP contribution in [0, 0.1) is 6.92 Å². The standard InChI is InChI=1S/C23H22ClNO2S/c1-16-13-18(15-28-21-9-4-3-5-10-21)11-12-22(16)25-23(26)17(2)27-20-8-6-7-19(24)14-20/h3-14,17H,15H2,1-2H3,(H,25,26)/t17-/m1/s1. The molecule has 3 nitrogen and oxygen atoms in total. The average molecular weight is 412 g/mol. The Bertz CT molecular complexity index is 946. The van der Waals surface area contributed by atoms with Gasteiger partial charge in [-0.1, -0.05) is 48.0 Å². The molecule has 3 rings (SSSR count). The number of thioether (sulfide) groups is 1. The van der Waals surface area contributed by atoms with Crippen molar-refractivity contribution in [1.82, 2.24) is 0 Å². The minimum Gasteiger partial charge on any atom is -0.481 e. The molecule has 0 aliphatic rings. The van der Waals surface area contributed by atoms with E-state index in [1.54, 1.807) is 43.0 Å². The Balaban J connectivity index is 1.58. The van der Waals surface area contributed by atoms with E-state index in [-0.39, 0.29) is 5.91 Å². The molecule has 0 aliphatic heterocycles. The topological polar surface area (TPSA) is 38.3 Å². The molecular formula is C23H22ClNO2S. The summed E-state index contributed by atoms with van der Waals surface area (Å²) in [6.07, 6.45) is -0.633. The van der Waals surface area contributed by atoms with Crippen LogP contribution < -0.4 is 10.1 Å². The highest BCUT2D eigenvalue weighted by Gasteiger charge is 2.16. The predicted octanol–water partition coefficient (Wildman–Crippen LogP) is 6.35. The van der Waals surface area contributed by atoms with Gasteiger partial charge in [-0.05, 0) is 61.4 Å². The molecule has 0 fully saturated rings. The van der Waals surface area contributed by atoms with Gasteiger partial charge in [0.2, 0.25) is 0 Å². The molecule has 0 heterocycles. The molecule has 0 saturated heterocycles. The molecule has 5 heteroatoms. The van der Waals surface area contributed by atoms with E-state index in [0.717, 1.165) is 17.0 Å². The number of carbonyl (C=O) groups is 1. The first-order valence-electron chi connectivity index (χ1n) is 9.02. The zero-order valence-electron chi connectivity index (χ0n) is 15.8. The summed E-state index contributed by atoms with van der Waals surface area (Å²) in [6.45, 7) is 3.71. The molecule has 0 spiro atoms. The summed E-state index contributed by atoms with van der Waals surface area (Å²) in [7, 11) is 0. The number of ether oxygens (including phenoxy) is 1. The van der Waals surface area contributed by atoms with Crippen molar-refractivity contribution in [3.63, 3.8) is 0 Å². The number of amides is 1. The van der Waals surface area contributed by atoms with Crippen molar-refractivity contribution in [2.75, 3.05) is 5.32 Å². The lowest BCUT2D eigenvalue weighted by Crippen LogP contribution is -2.30. The van der Waals surface area contributed by atoms with Gasteiger partial charge >= 0.3 is 0 Å². The fourth-order valence-corrected chi connectivity index (χ4v) is 3.71. The highest BCUT2D eigenvalue weighted by molar-refractivity contribution is 7.98. The predicted molar refractivity (Wildman–Crippen MR) is 117 cm³/mol. The first kappa shape index (κ1) is 20.3. The molecule has 0 saturated carbocycles. The third kappa shape index (κ3) is 5.78. The molecule has 1 amide bonds. The van der Waals surface area contributed by atoms with Gasteiger partial charge in [-0.25, -0.2) is 0 Å². The van der Waals surface area contributed by atoms with Crippen molar-refractivity contribution < 1.29 is 9.53 Å². The van der Waals surface area contributed by atoms with Crippen molar-refractivity contribution >= 4 is 35.0 Å². The smallest absolute Gasteiger partial charge is 0.265 e. The normalized spacial score (nSPS) is 11.7. The molecule has 0 bridgehead atoms. The van der Waals surface area contributed by atoms with E-state index in [0.29, 0.717) is 10.8 Å². The number of anilines is 1. The number of benzene rings is 3. The Hall–Kier alpha value is -2.43. The van der Waals surface area contributed by atoms with E-state index >= 15 is 0 Å². The summed E-state index contributed by atoms with van der Waals surface area (Å²) in [4.78, 5) is 13.7. The van der Waals surface area contributed by atoms with Crippen molar-refractivity contribution in [1.29, 1.82) is 0 Å². The zero-order valence-corrected chi connectivity index (χ0v) is 17.4. The maximum absolute atomic E-state index is 12.5. The second-order valence-electron chi connectivity index (χ2n) is 6.46. The average Bonchev–Trinajstić information content (AvgIpc) is 2.69.